The normalized spacial score (nSPS) is 11.5. The smallest absolute Gasteiger partial charge is 0.219 e. The molecule has 2 aromatic carbocycles. The number of nitrogens with zero attached hydrogens (tertiary/aromatic N) is 3. The van der Waals surface area contributed by atoms with Crippen LogP contribution in [0.4, 0.5) is 0 Å². The molecule has 0 bridgehead atoms. The zero-order valence-corrected chi connectivity index (χ0v) is 18.8. The van der Waals surface area contributed by atoms with Gasteiger partial charge in [-0.1, -0.05) is 12.1 Å². The van der Waals surface area contributed by atoms with Gasteiger partial charge in [-0.15, -0.1) is 22.7 Å². The molecule has 0 atom stereocenters. The largest absolute Gasteiger partial charge is 0.508 e. The van der Waals surface area contributed by atoms with Gasteiger partial charge in [0.05, 0.1) is 10.6 Å². The standard InChI is InChI=1S/C25H17N3O3S2/c29-16-5-1-14(2-6-16)11-18-25(31)28-13-19(15-3-7-17(30)8-4-15)26-23(24(28)27-18)22-12-21-20(33-22)9-10-32-21/h1-10,12-13,29-31H,11H2. The van der Waals surface area contributed by atoms with E-state index in [1.165, 1.54) is 9.40 Å². The monoisotopic (exact) mass is 471 g/mol. The maximum absolute atomic E-state index is 11.1. The lowest BCUT2D eigenvalue weighted by molar-refractivity contribution is 0.442. The molecule has 3 N–H and O–H groups in total. The van der Waals surface area contributed by atoms with Crippen molar-refractivity contribution in [3.05, 3.63) is 83.5 Å². The van der Waals surface area contributed by atoms with Crippen LogP contribution in [0.5, 0.6) is 17.4 Å². The lowest BCUT2D eigenvalue weighted by Crippen LogP contribution is -1.95. The minimum atomic E-state index is 0.0557. The van der Waals surface area contributed by atoms with E-state index >= 15 is 0 Å². The van der Waals surface area contributed by atoms with Gasteiger partial charge in [0.15, 0.2) is 5.65 Å². The van der Waals surface area contributed by atoms with Crippen molar-refractivity contribution in [2.24, 2.45) is 0 Å². The molecule has 4 aromatic heterocycles. The summed E-state index contributed by atoms with van der Waals surface area (Å²) in [5.74, 6) is 0.431. The Kier molecular flexibility index (Phi) is 4.56. The van der Waals surface area contributed by atoms with Gasteiger partial charge < -0.3 is 15.3 Å². The summed E-state index contributed by atoms with van der Waals surface area (Å²) in [7, 11) is 0. The van der Waals surface area contributed by atoms with E-state index in [0.29, 0.717) is 29.1 Å². The van der Waals surface area contributed by atoms with Gasteiger partial charge in [0.2, 0.25) is 5.88 Å². The first-order valence-corrected chi connectivity index (χ1v) is 11.9. The molecule has 0 radical (unpaired) electrons. The Hall–Kier alpha value is -3.88. The number of aromatic nitrogens is 3. The van der Waals surface area contributed by atoms with Crippen LogP contribution in [0.3, 0.4) is 0 Å². The Morgan fingerprint density at radius 1 is 0.818 bits per heavy atom. The van der Waals surface area contributed by atoms with E-state index in [1.807, 2.05) is 12.1 Å². The van der Waals surface area contributed by atoms with E-state index in [4.69, 9.17) is 9.97 Å². The Balaban J connectivity index is 1.55. The molecular formula is C25H17N3O3S2. The summed E-state index contributed by atoms with van der Waals surface area (Å²) >= 11 is 3.32. The summed E-state index contributed by atoms with van der Waals surface area (Å²) < 4.78 is 4.05. The van der Waals surface area contributed by atoms with Crippen molar-refractivity contribution in [1.29, 1.82) is 0 Å². The lowest BCUT2D eigenvalue weighted by Gasteiger charge is -2.07. The van der Waals surface area contributed by atoms with E-state index in [0.717, 1.165) is 16.0 Å². The maximum atomic E-state index is 11.1. The zero-order valence-electron chi connectivity index (χ0n) is 17.1. The number of imidazole rings is 1. The van der Waals surface area contributed by atoms with Gasteiger partial charge in [-0.2, -0.15) is 0 Å². The van der Waals surface area contributed by atoms with E-state index in [9.17, 15) is 15.3 Å². The number of thiophene rings is 2. The second-order valence-corrected chi connectivity index (χ2v) is 9.73. The van der Waals surface area contributed by atoms with E-state index in [-0.39, 0.29) is 17.4 Å². The zero-order chi connectivity index (χ0) is 22.5. The molecule has 162 valence electrons. The summed E-state index contributed by atoms with van der Waals surface area (Å²) in [6.45, 7) is 0. The molecule has 0 saturated heterocycles. The molecular weight excluding hydrogens is 454 g/mol. The summed E-state index contributed by atoms with van der Waals surface area (Å²) in [6.07, 6.45) is 2.19. The van der Waals surface area contributed by atoms with Crippen molar-refractivity contribution in [1.82, 2.24) is 14.4 Å². The first-order chi connectivity index (χ1) is 16.0. The third-order valence-corrected chi connectivity index (χ3v) is 7.59. The van der Waals surface area contributed by atoms with Crippen molar-refractivity contribution in [3.63, 3.8) is 0 Å². The van der Waals surface area contributed by atoms with Crippen LogP contribution in [0.1, 0.15) is 11.3 Å². The molecule has 33 heavy (non-hydrogen) atoms. The van der Waals surface area contributed by atoms with E-state index < -0.39 is 0 Å². The van der Waals surface area contributed by atoms with E-state index in [2.05, 4.69) is 17.5 Å². The number of hydrogen-bond donors (Lipinski definition) is 3. The molecule has 0 aliphatic carbocycles. The Morgan fingerprint density at radius 3 is 2.27 bits per heavy atom. The third kappa shape index (κ3) is 3.49. The molecule has 6 aromatic rings. The molecule has 4 heterocycles. The lowest BCUT2D eigenvalue weighted by atomic mass is 10.1. The topological polar surface area (TPSA) is 90.9 Å². The van der Waals surface area contributed by atoms with Gasteiger partial charge in [0.25, 0.3) is 0 Å². The van der Waals surface area contributed by atoms with Crippen LogP contribution < -0.4 is 0 Å². The van der Waals surface area contributed by atoms with Gasteiger partial charge in [-0.05, 0) is 59.5 Å². The molecule has 0 aliphatic rings. The van der Waals surface area contributed by atoms with Gasteiger partial charge in [0.1, 0.15) is 22.9 Å². The second-order valence-electron chi connectivity index (χ2n) is 7.70. The predicted octanol–water partition coefficient (Wildman–Crippen LogP) is 6.05. The second kappa shape index (κ2) is 7.61. The fourth-order valence-electron chi connectivity index (χ4n) is 3.83. The van der Waals surface area contributed by atoms with Crippen LogP contribution >= 0.6 is 22.7 Å². The number of hydrogen-bond acceptors (Lipinski definition) is 7. The predicted molar refractivity (Wildman–Crippen MR) is 131 cm³/mol. The number of rotatable bonds is 4. The van der Waals surface area contributed by atoms with Crippen LogP contribution in [0.25, 0.3) is 36.9 Å². The molecule has 0 unspecified atom stereocenters. The first kappa shape index (κ1) is 19.8. The number of aromatic hydroxyl groups is 3. The Labute approximate surface area is 196 Å². The molecule has 0 fully saturated rings. The number of benzene rings is 2. The summed E-state index contributed by atoms with van der Waals surface area (Å²) in [5.41, 5.74) is 4.22. The molecule has 0 aliphatic heterocycles. The van der Waals surface area contributed by atoms with Crippen molar-refractivity contribution in [2.45, 2.75) is 6.42 Å². The van der Waals surface area contributed by atoms with E-state index in [1.54, 1.807) is 69.7 Å². The van der Waals surface area contributed by atoms with Gasteiger partial charge in [0, 0.05) is 27.6 Å². The fraction of sp³-hybridized carbons (Fsp3) is 0.0400. The van der Waals surface area contributed by atoms with Crippen LogP contribution in [-0.2, 0) is 6.42 Å². The van der Waals surface area contributed by atoms with Crippen LogP contribution in [0.15, 0.2) is 72.2 Å². The van der Waals surface area contributed by atoms with Gasteiger partial charge >= 0.3 is 0 Å². The van der Waals surface area contributed by atoms with Crippen LogP contribution in [0.2, 0.25) is 0 Å². The van der Waals surface area contributed by atoms with Crippen molar-refractivity contribution in [3.8, 4) is 39.2 Å². The fourth-order valence-corrected chi connectivity index (χ4v) is 5.92. The maximum Gasteiger partial charge on any atom is 0.219 e. The summed E-state index contributed by atoms with van der Waals surface area (Å²) in [5, 5.41) is 32.4. The van der Waals surface area contributed by atoms with Crippen molar-refractivity contribution >= 4 is 37.7 Å². The molecule has 0 spiro atoms. The summed E-state index contributed by atoms with van der Waals surface area (Å²) in [4.78, 5) is 10.7. The number of fused-ring (bicyclic) bond motifs is 2. The molecule has 8 heteroatoms. The summed E-state index contributed by atoms with van der Waals surface area (Å²) in [6, 6.07) is 17.9. The Morgan fingerprint density at radius 2 is 1.55 bits per heavy atom. The average molecular weight is 472 g/mol. The highest BCUT2D eigenvalue weighted by Crippen LogP contribution is 2.39. The molecule has 6 nitrogen and oxygen atoms in total. The third-order valence-electron chi connectivity index (χ3n) is 5.49. The van der Waals surface area contributed by atoms with Gasteiger partial charge in [-0.25, -0.2) is 9.97 Å². The first-order valence-electron chi connectivity index (χ1n) is 10.2. The van der Waals surface area contributed by atoms with Crippen molar-refractivity contribution < 1.29 is 15.3 Å². The van der Waals surface area contributed by atoms with Gasteiger partial charge in [-0.3, -0.25) is 4.40 Å². The quantitative estimate of drug-likeness (QED) is 0.291. The van der Waals surface area contributed by atoms with Crippen LogP contribution in [-0.4, -0.2) is 29.7 Å². The minimum Gasteiger partial charge on any atom is -0.508 e. The highest BCUT2D eigenvalue weighted by molar-refractivity contribution is 7.28. The molecule has 6 rings (SSSR count). The highest BCUT2D eigenvalue weighted by atomic mass is 32.1. The average Bonchev–Trinajstić information content (AvgIpc) is 3.50. The van der Waals surface area contributed by atoms with Crippen LogP contribution in [0, 0.1) is 0 Å². The molecule has 0 amide bonds. The highest BCUT2D eigenvalue weighted by Gasteiger charge is 2.20. The molecule has 0 saturated carbocycles. The SMILES string of the molecule is Oc1ccc(Cc2nc3c(-c4cc5sccc5s4)nc(-c4ccc(O)cc4)cn3c2O)cc1. The number of phenols is 2. The minimum absolute atomic E-state index is 0.0557. The van der Waals surface area contributed by atoms with Crippen molar-refractivity contribution in [2.75, 3.05) is 0 Å². The Bertz CT molecular complexity index is 1580. The number of phenolic OH excluding ortho intramolecular Hbond substituents is 2.